The molecule has 4 aliphatic rings. The molecule has 0 aromatic heterocycles. The van der Waals surface area contributed by atoms with E-state index in [1.807, 2.05) is 0 Å². The van der Waals surface area contributed by atoms with E-state index >= 15 is 0 Å². The van der Waals surface area contributed by atoms with E-state index in [-0.39, 0.29) is 29.5 Å². The van der Waals surface area contributed by atoms with Crippen LogP contribution in [0.5, 0.6) is 0 Å². The summed E-state index contributed by atoms with van der Waals surface area (Å²) in [6, 6.07) is 2.18. The first-order valence-electron chi connectivity index (χ1n) is 9.40. The number of ketones is 1. The topological polar surface area (TPSA) is 81.3 Å². The molecule has 0 aliphatic heterocycles. The second kappa shape index (κ2) is 5.65. The maximum atomic E-state index is 11.8. The van der Waals surface area contributed by atoms with Crippen molar-refractivity contribution in [2.75, 3.05) is 0 Å². The first-order valence-corrected chi connectivity index (χ1v) is 9.40. The molecule has 4 rings (SSSR count). The minimum absolute atomic E-state index is 0.101. The van der Waals surface area contributed by atoms with Crippen LogP contribution in [0.15, 0.2) is 34.9 Å². The Bertz CT molecular complexity index is 756. The van der Waals surface area contributed by atoms with Gasteiger partial charge in [0, 0.05) is 11.8 Å². The van der Waals surface area contributed by atoms with Crippen molar-refractivity contribution in [3.63, 3.8) is 0 Å². The van der Waals surface area contributed by atoms with Crippen LogP contribution in [0, 0.1) is 28.6 Å². The fourth-order valence-electron chi connectivity index (χ4n) is 6.06. The number of carbonyl (C=O) groups excluding carboxylic acids is 1. The third kappa shape index (κ3) is 2.16. The Morgan fingerprint density at radius 3 is 2.92 bits per heavy atom. The van der Waals surface area contributed by atoms with E-state index in [1.54, 1.807) is 6.08 Å². The smallest absolute Gasteiger partial charge is 0.156 e. The molecule has 0 radical (unpaired) electrons. The number of nitrogens with zero attached hydrogens (tertiary/aromatic N) is 1. The van der Waals surface area contributed by atoms with Crippen LogP contribution in [0.4, 0.5) is 0 Å². The van der Waals surface area contributed by atoms with Crippen LogP contribution in [0.1, 0.15) is 51.9 Å². The highest BCUT2D eigenvalue weighted by Crippen LogP contribution is 2.63. The molecule has 1 saturated carbocycles. The van der Waals surface area contributed by atoms with E-state index in [0.29, 0.717) is 25.7 Å². The Labute approximate surface area is 148 Å². The van der Waals surface area contributed by atoms with Crippen LogP contribution < -0.4 is 0 Å². The number of rotatable bonds is 2. The summed E-state index contributed by atoms with van der Waals surface area (Å²) in [4.78, 5) is 11.8. The second-order valence-electron chi connectivity index (χ2n) is 8.10. The Morgan fingerprint density at radius 2 is 2.20 bits per heavy atom. The molecule has 0 bridgehead atoms. The number of fused-ring (bicyclic) bond motifs is 4. The standard InChI is InChI=1S/C21H25NO3/c1-2-20-7-5-15-14-4-3-13(23)11-17(14)19(24)12-16(15)18(20)6-8-21(20,25)9-10-22/h5,7,11,16,18-19,24-25H,2-4,6,8-9,12H2,1H3/t16-,18+,19?,20+,21-/m1/s1. The van der Waals surface area contributed by atoms with Crippen molar-refractivity contribution in [1.82, 2.24) is 0 Å². The van der Waals surface area contributed by atoms with Crippen molar-refractivity contribution < 1.29 is 15.0 Å². The molecule has 132 valence electrons. The lowest BCUT2D eigenvalue weighted by Crippen LogP contribution is -2.49. The highest BCUT2D eigenvalue weighted by atomic mass is 16.3. The molecule has 1 fully saturated rings. The number of nitriles is 1. The van der Waals surface area contributed by atoms with E-state index < -0.39 is 11.7 Å². The fraction of sp³-hybridized carbons (Fsp3) is 0.619. The monoisotopic (exact) mass is 339 g/mol. The Kier molecular flexibility index (Phi) is 3.79. The highest BCUT2D eigenvalue weighted by Gasteiger charge is 2.61. The first kappa shape index (κ1) is 16.8. The number of carbonyl (C=O) groups is 1. The van der Waals surface area contributed by atoms with E-state index in [4.69, 9.17) is 0 Å². The predicted octanol–water partition coefficient (Wildman–Crippen LogP) is 2.97. The highest BCUT2D eigenvalue weighted by molar-refractivity contribution is 5.93. The zero-order valence-electron chi connectivity index (χ0n) is 14.7. The van der Waals surface area contributed by atoms with E-state index in [1.165, 1.54) is 5.57 Å². The van der Waals surface area contributed by atoms with Crippen LogP contribution >= 0.6 is 0 Å². The molecule has 0 saturated heterocycles. The maximum absolute atomic E-state index is 11.8. The van der Waals surface area contributed by atoms with Gasteiger partial charge in [-0.2, -0.15) is 5.26 Å². The summed E-state index contributed by atoms with van der Waals surface area (Å²) in [5, 5.41) is 31.2. The molecule has 1 unspecified atom stereocenters. The molecule has 4 heteroatoms. The number of aliphatic hydroxyl groups excluding tert-OH is 1. The van der Waals surface area contributed by atoms with Crippen LogP contribution in [-0.4, -0.2) is 27.7 Å². The normalized spacial score (nSPS) is 42.4. The van der Waals surface area contributed by atoms with E-state index in [2.05, 4.69) is 25.1 Å². The molecule has 0 heterocycles. The van der Waals surface area contributed by atoms with Gasteiger partial charge in [0.2, 0.25) is 0 Å². The summed E-state index contributed by atoms with van der Waals surface area (Å²) in [5.41, 5.74) is 1.83. The van der Waals surface area contributed by atoms with Gasteiger partial charge in [-0.15, -0.1) is 0 Å². The molecule has 0 spiro atoms. The van der Waals surface area contributed by atoms with Crippen LogP contribution in [0.3, 0.4) is 0 Å². The molecule has 0 amide bonds. The van der Waals surface area contributed by atoms with Gasteiger partial charge in [-0.25, -0.2) is 0 Å². The minimum atomic E-state index is -0.975. The molecule has 2 N–H and O–H groups in total. The molecule has 4 nitrogen and oxygen atoms in total. The Balaban J connectivity index is 1.84. The summed E-state index contributed by atoms with van der Waals surface area (Å²) in [5.74, 6) is 0.550. The van der Waals surface area contributed by atoms with Crippen LogP contribution in [-0.2, 0) is 4.79 Å². The van der Waals surface area contributed by atoms with Gasteiger partial charge in [-0.05, 0) is 66.7 Å². The van der Waals surface area contributed by atoms with Crippen molar-refractivity contribution in [2.24, 2.45) is 17.3 Å². The van der Waals surface area contributed by atoms with Gasteiger partial charge in [0.05, 0.1) is 24.2 Å². The van der Waals surface area contributed by atoms with E-state index in [9.17, 15) is 20.3 Å². The molecule has 5 atom stereocenters. The Morgan fingerprint density at radius 1 is 1.40 bits per heavy atom. The van der Waals surface area contributed by atoms with Crippen molar-refractivity contribution in [3.8, 4) is 6.07 Å². The van der Waals surface area contributed by atoms with Crippen molar-refractivity contribution in [2.45, 2.75) is 63.6 Å². The summed E-state index contributed by atoms with van der Waals surface area (Å²) in [7, 11) is 0. The predicted molar refractivity (Wildman–Crippen MR) is 93.2 cm³/mol. The lowest BCUT2D eigenvalue weighted by atomic mass is 9.55. The van der Waals surface area contributed by atoms with Gasteiger partial charge in [0.25, 0.3) is 0 Å². The summed E-state index contributed by atoms with van der Waals surface area (Å²) >= 11 is 0. The van der Waals surface area contributed by atoms with Crippen molar-refractivity contribution in [3.05, 3.63) is 34.9 Å². The lowest BCUT2D eigenvalue weighted by molar-refractivity contribution is -0.114. The first-order chi connectivity index (χ1) is 12.0. The summed E-state index contributed by atoms with van der Waals surface area (Å²) in [6.07, 6.45) is 9.59. The van der Waals surface area contributed by atoms with Gasteiger partial charge in [0.15, 0.2) is 5.78 Å². The fourth-order valence-corrected chi connectivity index (χ4v) is 6.06. The molecule has 0 aromatic carbocycles. The Hall–Kier alpha value is -1.70. The van der Waals surface area contributed by atoms with Gasteiger partial charge >= 0.3 is 0 Å². The zero-order valence-corrected chi connectivity index (χ0v) is 14.7. The van der Waals surface area contributed by atoms with Crippen LogP contribution in [0.25, 0.3) is 0 Å². The van der Waals surface area contributed by atoms with E-state index in [0.717, 1.165) is 24.0 Å². The number of aliphatic hydroxyl groups is 2. The molecule has 4 aliphatic carbocycles. The van der Waals surface area contributed by atoms with Crippen molar-refractivity contribution in [1.29, 1.82) is 5.26 Å². The summed E-state index contributed by atoms with van der Waals surface area (Å²) in [6.45, 7) is 2.09. The second-order valence-corrected chi connectivity index (χ2v) is 8.10. The average molecular weight is 339 g/mol. The van der Waals surface area contributed by atoms with Gasteiger partial charge in [-0.3, -0.25) is 4.79 Å². The molecule has 25 heavy (non-hydrogen) atoms. The molecular formula is C21H25NO3. The average Bonchev–Trinajstić information content (AvgIpc) is 2.89. The lowest BCUT2D eigenvalue weighted by Gasteiger charge is -2.50. The van der Waals surface area contributed by atoms with Gasteiger partial charge in [-0.1, -0.05) is 19.1 Å². The largest absolute Gasteiger partial charge is 0.388 e. The molecule has 0 aromatic rings. The number of allylic oxidation sites excluding steroid dienone is 3. The van der Waals surface area contributed by atoms with Gasteiger partial charge < -0.3 is 10.2 Å². The number of hydrogen-bond acceptors (Lipinski definition) is 4. The van der Waals surface area contributed by atoms with Gasteiger partial charge in [0.1, 0.15) is 0 Å². The summed E-state index contributed by atoms with van der Waals surface area (Å²) < 4.78 is 0. The number of hydrogen-bond donors (Lipinski definition) is 2. The minimum Gasteiger partial charge on any atom is -0.388 e. The zero-order chi connectivity index (χ0) is 17.8. The quantitative estimate of drug-likeness (QED) is 0.810. The SMILES string of the molecule is CC[C@]12C=CC3=C4CCC(=O)C=C4C(O)C[C@H]3[C@@H]1CC[C@@]2(O)CC#N. The third-order valence-corrected chi connectivity index (χ3v) is 7.27. The molecular weight excluding hydrogens is 314 g/mol. The van der Waals surface area contributed by atoms with Crippen molar-refractivity contribution >= 4 is 5.78 Å². The maximum Gasteiger partial charge on any atom is 0.156 e. The third-order valence-electron chi connectivity index (χ3n) is 7.27. The van der Waals surface area contributed by atoms with Crippen LogP contribution in [0.2, 0.25) is 0 Å².